The summed E-state index contributed by atoms with van der Waals surface area (Å²) in [6, 6.07) is 13.5. The highest BCUT2D eigenvalue weighted by Crippen LogP contribution is 2.59. The van der Waals surface area contributed by atoms with E-state index in [1.165, 1.54) is 12.1 Å². The van der Waals surface area contributed by atoms with Gasteiger partial charge in [-0.3, -0.25) is 0 Å². The van der Waals surface area contributed by atoms with E-state index < -0.39 is 17.9 Å². The zero-order valence-electron chi connectivity index (χ0n) is 13.4. The van der Waals surface area contributed by atoms with Gasteiger partial charge in [0.2, 0.25) is 0 Å². The van der Waals surface area contributed by atoms with Crippen LogP contribution < -0.4 is 4.74 Å². The fourth-order valence-corrected chi connectivity index (χ4v) is 4.16. The smallest absolute Gasteiger partial charge is 0.399 e. The molecule has 0 radical (unpaired) electrons. The highest BCUT2D eigenvalue weighted by Gasteiger charge is 2.50. The van der Waals surface area contributed by atoms with Crippen LogP contribution in [0.3, 0.4) is 0 Å². The van der Waals surface area contributed by atoms with Gasteiger partial charge in [-0.15, -0.1) is 0 Å². The third-order valence-electron chi connectivity index (χ3n) is 5.09. The lowest BCUT2D eigenvalue weighted by atomic mass is 9.87. The van der Waals surface area contributed by atoms with Gasteiger partial charge in [0.25, 0.3) is 0 Å². The molecule has 3 aromatic rings. The quantitative estimate of drug-likeness (QED) is 0.435. The molecule has 1 unspecified atom stereocenters. The van der Waals surface area contributed by atoms with Gasteiger partial charge in [-0.1, -0.05) is 48.5 Å². The Kier molecular flexibility index (Phi) is 3.03. The number of ether oxygens (including phenoxy) is 1. The van der Waals surface area contributed by atoms with Crippen molar-refractivity contribution < 1.29 is 22.3 Å². The molecule has 130 valence electrons. The summed E-state index contributed by atoms with van der Waals surface area (Å²) in [7, 11) is 0. The van der Waals surface area contributed by atoms with Crippen LogP contribution in [0.4, 0.5) is 17.6 Å². The lowest BCUT2D eigenvalue weighted by molar-refractivity contribution is -0.140. The van der Waals surface area contributed by atoms with E-state index in [-0.39, 0.29) is 29.0 Å². The molecule has 0 saturated heterocycles. The molecule has 3 aromatic carbocycles. The topological polar surface area (TPSA) is 9.23 Å². The van der Waals surface area contributed by atoms with E-state index in [0.717, 1.165) is 0 Å². The van der Waals surface area contributed by atoms with Gasteiger partial charge in [0, 0.05) is 5.39 Å². The summed E-state index contributed by atoms with van der Waals surface area (Å²) in [4.78, 5) is 0. The molecular formula is C21H12F4O. The van der Waals surface area contributed by atoms with Gasteiger partial charge in [0.1, 0.15) is 24.1 Å². The van der Waals surface area contributed by atoms with Gasteiger partial charge in [-0.2, -0.15) is 13.2 Å². The summed E-state index contributed by atoms with van der Waals surface area (Å²) in [5.41, 5.74) is 1.00. The Hall–Kier alpha value is -2.82. The van der Waals surface area contributed by atoms with Gasteiger partial charge in [-0.25, -0.2) is 4.39 Å². The van der Waals surface area contributed by atoms with Crippen molar-refractivity contribution in [2.24, 2.45) is 0 Å². The molecular weight excluding hydrogens is 344 g/mol. The molecule has 1 aliphatic heterocycles. The minimum atomic E-state index is -4.53. The average Bonchev–Trinajstić information content (AvgIpc) is 2.97. The molecule has 5 rings (SSSR count). The molecule has 0 aromatic heterocycles. The first-order chi connectivity index (χ1) is 12.5. The molecule has 0 N–H and O–H groups in total. The fourth-order valence-electron chi connectivity index (χ4n) is 4.16. The molecule has 2 aliphatic rings. The molecule has 5 heteroatoms. The molecule has 1 atom stereocenters. The van der Waals surface area contributed by atoms with Crippen LogP contribution in [0.2, 0.25) is 0 Å². The third-order valence-corrected chi connectivity index (χ3v) is 5.09. The van der Waals surface area contributed by atoms with Crippen molar-refractivity contribution >= 4 is 16.6 Å². The van der Waals surface area contributed by atoms with Crippen molar-refractivity contribution in [3.8, 4) is 16.9 Å². The zero-order valence-corrected chi connectivity index (χ0v) is 13.4. The van der Waals surface area contributed by atoms with E-state index in [1.807, 2.05) is 0 Å². The average molecular weight is 356 g/mol. The van der Waals surface area contributed by atoms with Crippen molar-refractivity contribution in [1.29, 1.82) is 0 Å². The Morgan fingerprint density at radius 3 is 2.35 bits per heavy atom. The first kappa shape index (κ1) is 15.4. The first-order valence-electron chi connectivity index (χ1n) is 8.22. The predicted octanol–water partition coefficient (Wildman–Crippen LogP) is 6.22. The van der Waals surface area contributed by atoms with E-state index in [4.69, 9.17) is 4.74 Å². The molecule has 0 saturated carbocycles. The van der Waals surface area contributed by atoms with E-state index in [0.29, 0.717) is 21.9 Å². The zero-order chi connectivity index (χ0) is 18.1. The number of rotatable bonds is 0. The molecule has 1 nitrogen and oxygen atoms in total. The predicted molar refractivity (Wildman–Crippen MR) is 91.9 cm³/mol. The van der Waals surface area contributed by atoms with Crippen molar-refractivity contribution in [3.05, 3.63) is 71.3 Å². The Morgan fingerprint density at radius 2 is 1.58 bits per heavy atom. The van der Waals surface area contributed by atoms with Crippen LogP contribution in [0, 0.1) is 0 Å². The summed E-state index contributed by atoms with van der Waals surface area (Å²) in [5.74, 6) is -2.33. The number of hydrogen-bond donors (Lipinski definition) is 0. The summed E-state index contributed by atoms with van der Waals surface area (Å²) in [6.07, 6.45) is -3.34. The van der Waals surface area contributed by atoms with Crippen LogP contribution in [0.5, 0.6) is 5.75 Å². The Balaban J connectivity index is 2.03. The second-order valence-electron chi connectivity index (χ2n) is 6.46. The molecule has 26 heavy (non-hydrogen) atoms. The summed E-state index contributed by atoms with van der Waals surface area (Å²) >= 11 is 0. The second-order valence-corrected chi connectivity index (χ2v) is 6.46. The van der Waals surface area contributed by atoms with E-state index in [1.54, 1.807) is 42.5 Å². The maximum Gasteiger partial charge on any atom is 0.399 e. The van der Waals surface area contributed by atoms with Crippen molar-refractivity contribution in [2.75, 3.05) is 6.61 Å². The number of halogens is 4. The minimum Gasteiger partial charge on any atom is -0.488 e. The summed E-state index contributed by atoms with van der Waals surface area (Å²) in [5, 5.41) is 1.28. The molecule has 1 aliphatic carbocycles. The van der Waals surface area contributed by atoms with Crippen LogP contribution in [-0.4, -0.2) is 12.8 Å². The first-order valence-corrected chi connectivity index (χ1v) is 8.22. The van der Waals surface area contributed by atoms with Crippen LogP contribution in [-0.2, 0) is 0 Å². The largest absolute Gasteiger partial charge is 0.488 e. The SMILES string of the molecule is FC1=CCOc2c1c1c(c3ccccc23)-c2ccccc2C1C(F)(F)F. The lowest BCUT2D eigenvalue weighted by Gasteiger charge is -2.25. The molecule has 0 fully saturated rings. The number of hydrogen-bond acceptors (Lipinski definition) is 1. The molecule has 0 bridgehead atoms. The lowest BCUT2D eigenvalue weighted by Crippen LogP contribution is -2.21. The Labute approximate surface area is 146 Å². The van der Waals surface area contributed by atoms with Crippen molar-refractivity contribution in [2.45, 2.75) is 12.1 Å². The van der Waals surface area contributed by atoms with Crippen molar-refractivity contribution in [3.63, 3.8) is 0 Å². The van der Waals surface area contributed by atoms with Gasteiger partial charge >= 0.3 is 6.18 Å². The minimum absolute atomic E-state index is 0.00521. The van der Waals surface area contributed by atoms with Gasteiger partial charge in [-0.05, 0) is 33.7 Å². The van der Waals surface area contributed by atoms with E-state index in [9.17, 15) is 17.6 Å². The normalized spacial score (nSPS) is 18.0. The molecule has 1 heterocycles. The summed E-state index contributed by atoms with van der Waals surface area (Å²) < 4.78 is 62.5. The second kappa shape index (κ2) is 5.10. The molecule has 0 spiro atoms. The molecule has 0 amide bonds. The monoisotopic (exact) mass is 356 g/mol. The van der Waals surface area contributed by atoms with Crippen LogP contribution in [0.25, 0.3) is 27.7 Å². The Bertz CT molecular complexity index is 1100. The highest BCUT2D eigenvalue weighted by molar-refractivity contribution is 6.08. The standard InChI is InChI=1S/C21H12F4O/c22-15-9-10-26-20-14-8-4-2-6-12(14)16-11-5-1-3-7-13(11)19(21(23,24)25)18(16)17(15)20/h1-9,19H,10H2. The summed E-state index contributed by atoms with van der Waals surface area (Å²) in [6.45, 7) is 0.00521. The number of benzene rings is 3. The number of alkyl halides is 3. The van der Waals surface area contributed by atoms with Gasteiger partial charge in [0.15, 0.2) is 0 Å². The van der Waals surface area contributed by atoms with Crippen LogP contribution >= 0.6 is 0 Å². The van der Waals surface area contributed by atoms with Crippen LogP contribution in [0.1, 0.15) is 22.6 Å². The Morgan fingerprint density at radius 1 is 0.885 bits per heavy atom. The maximum absolute atomic E-state index is 14.8. The maximum atomic E-state index is 14.8. The number of fused-ring (bicyclic) bond motifs is 8. The van der Waals surface area contributed by atoms with Crippen LogP contribution in [0.15, 0.2) is 54.6 Å². The van der Waals surface area contributed by atoms with E-state index >= 15 is 0 Å². The third kappa shape index (κ3) is 1.91. The van der Waals surface area contributed by atoms with Gasteiger partial charge < -0.3 is 4.74 Å². The van der Waals surface area contributed by atoms with E-state index in [2.05, 4.69) is 0 Å². The van der Waals surface area contributed by atoms with Crippen molar-refractivity contribution in [1.82, 2.24) is 0 Å². The fraction of sp³-hybridized carbons (Fsp3) is 0.143. The highest BCUT2D eigenvalue weighted by atomic mass is 19.4. The van der Waals surface area contributed by atoms with Gasteiger partial charge in [0.05, 0.1) is 5.56 Å².